The van der Waals surface area contributed by atoms with Crippen LogP contribution in [-0.2, 0) is 0 Å². The molecule has 1 aliphatic rings. The van der Waals surface area contributed by atoms with Crippen molar-refractivity contribution < 1.29 is 9.53 Å². The molecule has 0 atom stereocenters. The Hall–Kier alpha value is -2.80. The van der Waals surface area contributed by atoms with Gasteiger partial charge in [-0.15, -0.1) is 0 Å². The number of benzene rings is 2. The van der Waals surface area contributed by atoms with Crippen LogP contribution < -0.4 is 9.64 Å². The molecule has 110 valence electrons. The van der Waals surface area contributed by atoms with E-state index in [4.69, 9.17) is 10.00 Å². The number of carbonyl (C=O) groups excluding carboxylic acids is 1. The first-order valence-corrected chi connectivity index (χ1v) is 7.25. The maximum atomic E-state index is 12.9. The summed E-state index contributed by atoms with van der Waals surface area (Å²) in [7, 11) is 0. The van der Waals surface area contributed by atoms with E-state index >= 15 is 0 Å². The van der Waals surface area contributed by atoms with Crippen molar-refractivity contribution in [1.82, 2.24) is 0 Å². The van der Waals surface area contributed by atoms with Crippen LogP contribution in [0.5, 0.6) is 5.75 Å². The Morgan fingerprint density at radius 1 is 1.27 bits per heavy atom. The van der Waals surface area contributed by atoms with Gasteiger partial charge in [-0.3, -0.25) is 4.79 Å². The Labute approximate surface area is 129 Å². The third kappa shape index (κ3) is 2.53. The molecule has 0 aromatic heterocycles. The van der Waals surface area contributed by atoms with Crippen LogP contribution in [0.25, 0.3) is 0 Å². The fraction of sp³-hybridized carbons (Fsp3) is 0.222. The topological polar surface area (TPSA) is 53.3 Å². The smallest absolute Gasteiger partial charge is 0.258 e. The Balaban J connectivity index is 1.98. The van der Waals surface area contributed by atoms with Crippen molar-refractivity contribution in [3.63, 3.8) is 0 Å². The Bertz CT molecular complexity index is 762. The molecule has 0 unspecified atom stereocenters. The van der Waals surface area contributed by atoms with Crippen LogP contribution in [-0.4, -0.2) is 19.1 Å². The predicted octanol–water partition coefficient (Wildman–Crippen LogP) is 3.30. The van der Waals surface area contributed by atoms with Gasteiger partial charge in [-0.05, 0) is 49.2 Å². The third-order valence-electron chi connectivity index (χ3n) is 3.78. The zero-order valence-electron chi connectivity index (χ0n) is 12.4. The van der Waals surface area contributed by atoms with Gasteiger partial charge in [0.15, 0.2) is 0 Å². The van der Waals surface area contributed by atoms with Gasteiger partial charge in [0.25, 0.3) is 5.91 Å². The number of fused-ring (bicyclic) bond motifs is 1. The molecule has 22 heavy (non-hydrogen) atoms. The van der Waals surface area contributed by atoms with Gasteiger partial charge in [0, 0.05) is 12.1 Å². The van der Waals surface area contributed by atoms with E-state index in [1.807, 2.05) is 31.2 Å². The van der Waals surface area contributed by atoms with Gasteiger partial charge in [-0.1, -0.05) is 12.1 Å². The van der Waals surface area contributed by atoms with E-state index in [1.54, 1.807) is 23.1 Å². The number of nitriles is 1. The highest BCUT2D eigenvalue weighted by Crippen LogP contribution is 2.31. The molecule has 1 aliphatic heterocycles. The van der Waals surface area contributed by atoms with Crippen molar-refractivity contribution in [2.45, 2.75) is 13.3 Å². The first-order valence-electron chi connectivity index (χ1n) is 7.25. The van der Waals surface area contributed by atoms with Crippen LogP contribution >= 0.6 is 0 Å². The summed E-state index contributed by atoms with van der Waals surface area (Å²) >= 11 is 0. The van der Waals surface area contributed by atoms with Gasteiger partial charge in [0.05, 0.1) is 23.9 Å². The monoisotopic (exact) mass is 292 g/mol. The van der Waals surface area contributed by atoms with Crippen molar-refractivity contribution in [1.29, 1.82) is 5.26 Å². The molecule has 2 aromatic rings. The molecular formula is C18H16N2O2. The highest BCUT2D eigenvalue weighted by molar-refractivity contribution is 6.07. The summed E-state index contributed by atoms with van der Waals surface area (Å²) in [4.78, 5) is 14.6. The van der Waals surface area contributed by atoms with Gasteiger partial charge >= 0.3 is 0 Å². The number of rotatable bonds is 1. The van der Waals surface area contributed by atoms with E-state index in [0.29, 0.717) is 24.3 Å². The summed E-state index contributed by atoms with van der Waals surface area (Å²) in [5.41, 5.74) is 2.80. The maximum absolute atomic E-state index is 12.9. The molecule has 0 radical (unpaired) electrons. The van der Waals surface area contributed by atoms with Gasteiger partial charge < -0.3 is 9.64 Å². The fourth-order valence-corrected chi connectivity index (χ4v) is 2.62. The average molecular weight is 292 g/mol. The Morgan fingerprint density at radius 3 is 2.86 bits per heavy atom. The highest BCUT2D eigenvalue weighted by Gasteiger charge is 2.23. The lowest BCUT2D eigenvalue weighted by Crippen LogP contribution is -2.31. The molecule has 0 saturated carbocycles. The molecule has 2 aromatic carbocycles. The normalized spacial score (nSPS) is 13.5. The average Bonchev–Trinajstić information content (AvgIpc) is 2.76. The van der Waals surface area contributed by atoms with Crippen LogP contribution in [0.2, 0.25) is 0 Å². The quantitative estimate of drug-likeness (QED) is 0.810. The van der Waals surface area contributed by atoms with Crippen LogP contribution in [0.1, 0.15) is 27.9 Å². The fourth-order valence-electron chi connectivity index (χ4n) is 2.62. The molecule has 4 heteroatoms. The number of anilines is 1. The number of carbonyl (C=O) groups is 1. The van der Waals surface area contributed by atoms with Crippen molar-refractivity contribution in [2.75, 3.05) is 18.1 Å². The second-order valence-corrected chi connectivity index (χ2v) is 5.27. The van der Waals surface area contributed by atoms with Gasteiger partial charge in [0.2, 0.25) is 0 Å². The van der Waals surface area contributed by atoms with Crippen molar-refractivity contribution in [3.8, 4) is 11.8 Å². The zero-order valence-corrected chi connectivity index (χ0v) is 12.4. The maximum Gasteiger partial charge on any atom is 0.258 e. The molecule has 1 heterocycles. The van der Waals surface area contributed by atoms with Gasteiger partial charge in [-0.25, -0.2) is 0 Å². The molecular weight excluding hydrogens is 276 g/mol. The molecule has 0 bridgehead atoms. The number of amides is 1. The Kier molecular flexibility index (Phi) is 3.80. The van der Waals surface area contributed by atoms with Crippen LogP contribution in [0.3, 0.4) is 0 Å². The summed E-state index contributed by atoms with van der Waals surface area (Å²) in [6, 6.07) is 14.9. The number of para-hydroxylation sites is 2. The second-order valence-electron chi connectivity index (χ2n) is 5.27. The lowest BCUT2D eigenvalue weighted by atomic mass is 10.0. The highest BCUT2D eigenvalue weighted by atomic mass is 16.5. The molecule has 4 nitrogen and oxygen atoms in total. The van der Waals surface area contributed by atoms with E-state index in [2.05, 4.69) is 6.07 Å². The number of hydrogen-bond donors (Lipinski definition) is 0. The van der Waals surface area contributed by atoms with E-state index in [9.17, 15) is 4.79 Å². The molecule has 0 spiro atoms. The minimum atomic E-state index is -0.0643. The summed E-state index contributed by atoms with van der Waals surface area (Å²) in [6.45, 7) is 3.07. The molecule has 1 amide bonds. The molecule has 0 N–H and O–H groups in total. The van der Waals surface area contributed by atoms with Gasteiger partial charge in [-0.2, -0.15) is 5.26 Å². The lowest BCUT2D eigenvalue weighted by molar-refractivity contribution is 0.0987. The summed E-state index contributed by atoms with van der Waals surface area (Å²) in [6.07, 6.45) is 0.787. The minimum absolute atomic E-state index is 0.0643. The summed E-state index contributed by atoms with van der Waals surface area (Å²) < 4.78 is 5.69. The summed E-state index contributed by atoms with van der Waals surface area (Å²) in [5.74, 6) is 0.671. The van der Waals surface area contributed by atoms with E-state index < -0.39 is 0 Å². The molecule has 0 aliphatic carbocycles. The largest absolute Gasteiger partial charge is 0.491 e. The standard InChI is InChI=1S/C18H16N2O2/c1-13-11-14(7-8-15(13)12-19)18(21)20-9-4-10-22-17-6-3-2-5-16(17)20/h2-3,5-8,11H,4,9-10H2,1H3. The number of aryl methyl sites for hydroxylation is 1. The van der Waals surface area contributed by atoms with E-state index in [0.717, 1.165) is 23.4 Å². The molecule has 3 rings (SSSR count). The van der Waals surface area contributed by atoms with Crippen molar-refractivity contribution in [2.24, 2.45) is 0 Å². The number of hydrogen-bond acceptors (Lipinski definition) is 3. The first-order chi connectivity index (χ1) is 10.7. The summed E-state index contributed by atoms with van der Waals surface area (Å²) in [5, 5.41) is 9.00. The van der Waals surface area contributed by atoms with Crippen LogP contribution in [0.15, 0.2) is 42.5 Å². The second kappa shape index (κ2) is 5.90. The predicted molar refractivity (Wildman–Crippen MR) is 84.1 cm³/mol. The Morgan fingerprint density at radius 2 is 2.09 bits per heavy atom. The van der Waals surface area contributed by atoms with Crippen LogP contribution in [0.4, 0.5) is 5.69 Å². The van der Waals surface area contributed by atoms with Crippen LogP contribution in [0, 0.1) is 18.3 Å². The third-order valence-corrected chi connectivity index (χ3v) is 3.78. The number of ether oxygens (including phenoxy) is 1. The lowest BCUT2D eigenvalue weighted by Gasteiger charge is -2.22. The minimum Gasteiger partial charge on any atom is -0.491 e. The van der Waals surface area contributed by atoms with Gasteiger partial charge in [0.1, 0.15) is 5.75 Å². The van der Waals surface area contributed by atoms with Crippen molar-refractivity contribution in [3.05, 3.63) is 59.2 Å². The van der Waals surface area contributed by atoms with Crippen molar-refractivity contribution >= 4 is 11.6 Å². The SMILES string of the molecule is Cc1cc(C(=O)N2CCCOc3ccccc32)ccc1C#N. The first kappa shape index (κ1) is 14.2. The number of nitrogens with zero attached hydrogens (tertiary/aromatic N) is 2. The molecule has 0 saturated heterocycles. The van der Waals surface area contributed by atoms with E-state index in [-0.39, 0.29) is 5.91 Å². The van der Waals surface area contributed by atoms with E-state index in [1.165, 1.54) is 0 Å². The molecule has 0 fully saturated rings. The zero-order chi connectivity index (χ0) is 15.5.